The molecule has 0 aliphatic carbocycles. The second-order valence-electron chi connectivity index (χ2n) is 6.60. The number of carbonyl (C=O) groups excluding carboxylic acids is 1. The third-order valence-electron chi connectivity index (χ3n) is 4.78. The average Bonchev–Trinajstić information content (AvgIpc) is 2.58. The Hall–Kier alpha value is -1.15. The molecule has 0 bridgehead atoms. The summed E-state index contributed by atoms with van der Waals surface area (Å²) in [7, 11) is -1.59. The van der Waals surface area contributed by atoms with Gasteiger partial charge in [-0.05, 0) is 37.5 Å². The van der Waals surface area contributed by atoms with Crippen LogP contribution in [0.4, 0.5) is 0 Å². The molecule has 0 aromatic heterocycles. The molecule has 6 nitrogen and oxygen atoms in total. The predicted molar refractivity (Wildman–Crippen MR) is 98.0 cm³/mol. The van der Waals surface area contributed by atoms with Gasteiger partial charge >= 0.3 is 0 Å². The molecule has 1 N–H and O–H groups in total. The van der Waals surface area contributed by atoms with E-state index in [4.69, 9.17) is 16.3 Å². The minimum Gasteiger partial charge on any atom is -0.372 e. The van der Waals surface area contributed by atoms with Gasteiger partial charge in [-0.2, -0.15) is 0 Å². The fourth-order valence-electron chi connectivity index (χ4n) is 2.96. The van der Waals surface area contributed by atoms with Crippen LogP contribution in [0.25, 0.3) is 0 Å². The van der Waals surface area contributed by atoms with E-state index in [1.807, 2.05) is 25.1 Å². The monoisotopic (exact) mass is 388 g/mol. The summed E-state index contributed by atoms with van der Waals surface area (Å²) in [5, 5.41) is 3.55. The van der Waals surface area contributed by atoms with Crippen molar-refractivity contribution in [3.05, 3.63) is 34.9 Å². The number of hydrogen-bond donors (Lipinski definition) is 1. The lowest BCUT2D eigenvalue weighted by Crippen LogP contribution is -2.46. The first-order chi connectivity index (χ1) is 11.7. The Morgan fingerprint density at radius 3 is 2.56 bits per heavy atom. The minimum atomic E-state index is -3.19. The molecule has 25 heavy (non-hydrogen) atoms. The van der Waals surface area contributed by atoms with Gasteiger partial charge in [0.05, 0.1) is 12.8 Å². The Kier molecular flexibility index (Phi) is 6.48. The molecule has 2 rings (SSSR count). The van der Waals surface area contributed by atoms with Gasteiger partial charge < -0.3 is 10.1 Å². The molecule has 1 fully saturated rings. The number of benzene rings is 1. The molecule has 0 radical (unpaired) electrons. The van der Waals surface area contributed by atoms with Crippen LogP contribution in [-0.4, -0.2) is 51.6 Å². The van der Waals surface area contributed by atoms with Crippen molar-refractivity contribution >= 4 is 27.5 Å². The van der Waals surface area contributed by atoms with Crippen LogP contribution in [-0.2, 0) is 25.2 Å². The molecule has 1 heterocycles. The number of sulfonamides is 1. The van der Waals surface area contributed by atoms with Gasteiger partial charge in [-0.25, -0.2) is 12.7 Å². The summed E-state index contributed by atoms with van der Waals surface area (Å²) >= 11 is 6.05. The van der Waals surface area contributed by atoms with Crippen molar-refractivity contribution in [3.63, 3.8) is 0 Å². The average molecular weight is 389 g/mol. The van der Waals surface area contributed by atoms with Crippen molar-refractivity contribution in [3.8, 4) is 0 Å². The van der Waals surface area contributed by atoms with Crippen LogP contribution in [0.5, 0.6) is 0 Å². The second-order valence-corrected chi connectivity index (χ2v) is 9.02. The Morgan fingerprint density at radius 2 is 2.04 bits per heavy atom. The maximum Gasteiger partial charge on any atom is 0.223 e. The largest absolute Gasteiger partial charge is 0.372 e. The molecule has 140 valence electrons. The highest BCUT2D eigenvalue weighted by atomic mass is 35.5. The number of amides is 1. The van der Waals surface area contributed by atoms with E-state index < -0.39 is 15.6 Å². The van der Waals surface area contributed by atoms with Crippen LogP contribution in [0.2, 0.25) is 5.02 Å². The topological polar surface area (TPSA) is 75.7 Å². The second kappa shape index (κ2) is 8.03. The zero-order valence-corrected chi connectivity index (χ0v) is 16.4. The van der Waals surface area contributed by atoms with Crippen molar-refractivity contribution in [2.24, 2.45) is 5.92 Å². The third-order valence-corrected chi connectivity index (χ3v) is 6.32. The van der Waals surface area contributed by atoms with Gasteiger partial charge in [0, 0.05) is 31.1 Å². The molecule has 1 aliphatic rings. The summed E-state index contributed by atoms with van der Waals surface area (Å²) < 4.78 is 30.1. The molecule has 1 atom stereocenters. The van der Waals surface area contributed by atoms with Gasteiger partial charge in [-0.1, -0.05) is 23.7 Å². The molecule has 1 saturated heterocycles. The molecule has 1 aromatic rings. The number of nitrogens with zero attached hydrogens (tertiary/aromatic N) is 1. The van der Waals surface area contributed by atoms with Crippen molar-refractivity contribution in [1.82, 2.24) is 9.62 Å². The Labute approximate surface area is 154 Å². The number of piperidine rings is 1. The number of nitrogens with one attached hydrogen (secondary N) is 1. The summed E-state index contributed by atoms with van der Waals surface area (Å²) in [5.74, 6) is -0.253. The number of methoxy groups -OCH3 is 1. The lowest BCUT2D eigenvalue weighted by atomic mass is 9.94. The van der Waals surface area contributed by atoms with Gasteiger partial charge in [0.1, 0.15) is 5.60 Å². The van der Waals surface area contributed by atoms with E-state index in [1.165, 1.54) is 10.6 Å². The highest BCUT2D eigenvalue weighted by molar-refractivity contribution is 7.88. The molecule has 1 aromatic carbocycles. The van der Waals surface area contributed by atoms with Crippen molar-refractivity contribution < 1.29 is 17.9 Å². The van der Waals surface area contributed by atoms with E-state index in [-0.39, 0.29) is 11.8 Å². The normalized spacial score (nSPS) is 19.4. The van der Waals surface area contributed by atoms with E-state index in [0.29, 0.717) is 37.5 Å². The van der Waals surface area contributed by atoms with Crippen LogP contribution < -0.4 is 5.32 Å². The van der Waals surface area contributed by atoms with Gasteiger partial charge in [-0.15, -0.1) is 0 Å². The van der Waals surface area contributed by atoms with Crippen LogP contribution in [0.1, 0.15) is 25.3 Å². The quantitative estimate of drug-likeness (QED) is 0.808. The van der Waals surface area contributed by atoms with Crippen LogP contribution in [0.3, 0.4) is 0 Å². The first kappa shape index (κ1) is 20.2. The van der Waals surface area contributed by atoms with Gasteiger partial charge in [0.2, 0.25) is 15.9 Å². The summed E-state index contributed by atoms with van der Waals surface area (Å²) in [6.07, 6.45) is 2.25. The highest BCUT2D eigenvalue weighted by Crippen LogP contribution is 2.27. The molecule has 0 saturated carbocycles. The number of rotatable bonds is 6. The van der Waals surface area contributed by atoms with Gasteiger partial charge in [-0.3, -0.25) is 4.79 Å². The first-order valence-corrected chi connectivity index (χ1v) is 10.4. The standard InChI is InChI=1S/C17H25ClN2O4S/c1-17(24-2,14-5-4-6-15(18)11-14)12-19-16(21)13-7-9-20(10-8-13)25(3,22)23/h4-6,11,13H,7-10,12H2,1-3H3,(H,19,21)/t17-/m1/s1. The molecule has 8 heteroatoms. The van der Waals surface area contributed by atoms with Crippen LogP contribution in [0, 0.1) is 5.92 Å². The predicted octanol–water partition coefficient (Wildman–Crippen LogP) is 1.99. The van der Waals surface area contributed by atoms with E-state index in [1.54, 1.807) is 13.2 Å². The summed E-state index contributed by atoms with van der Waals surface area (Å²) in [5.41, 5.74) is 0.197. The Balaban J connectivity index is 1.95. The van der Waals surface area contributed by atoms with Crippen molar-refractivity contribution in [2.75, 3.05) is 33.0 Å². The van der Waals surface area contributed by atoms with E-state index in [2.05, 4.69) is 5.32 Å². The fraction of sp³-hybridized carbons (Fsp3) is 0.588. The molecule has 0 spiro atoms. The number of ether oxygens (including phenoxy) is 1. The summed E-state index contributed by atoms with van der Waals surface area (Å²) in [4.78, 5) is 12.5. The lowest BCUT2D eigenvalue weighted by Gasteiger charge is -2.32. The maximum absolute atomic E-state index is 12.5. The molecular formula is C17H25ClN2O4S. The summed E-state index contributed by atoms with van der Waals surface area (Å²) in [6, 6.07) is 7.36. The van der Waals surface area contributed by atoms with Gasteiger partial charge in [0.25, 0.3) is 0 Å². The zero-order valence-electron chi connectivity index (χ0n) is 14.8. The molecule has 1 aliphatic heterocycles. The van der Waals surface area contributed by atoms with E-state index in [9.17, 15) is 13.2 Å². The maximum atomic E-state index is 12.5. The van der Waals surface area contributed by atoms with Gasteiger partial charge in [0.15, 0.2) is 0 Å². The molecular weight excluding hydrogens is 364 g/mol. The van der Waals surface area contributed by atoms with Crippen molar-refractivity contribution in [1.29, 1.82) is 0 Å². The smallest absolute Gasteiger partial charge is 0.223 e. The summed E-state index contributed by atoms with van der Waals surface area (Å²) in [6.45, 7) is 2.97. The SMILES string of the molecule is CO[C@](C)(CNC(=O)C1CCN(S(C)(=O)=O)CC1)c1cccc(Cl)c1. The van der Waals surface area contributed by atoms with Crippen molar-refractivity contribution in [2.45, 2.75) is 25.4 Å². The lowest BCUT2D eigenvalue weighted by molar-refractivity contribution is -0.127. The number of hydrogen-bond acceptors (Lipinski definition) is 4. The highest BCUT2D eigenvalue weighted by Gasteiger charge is 2.31. The van der Waals surface area contributed by atoms with Crippen LogP contribution >= 0.6 is 11.6 Å². The molecule has 0 unspecified atom stereocenters. The molecule has 1 amide bonds. The van der Waals surface area contributed by atoms with E-state index in [0.717, 1.165) is 5.56 Å². The Morgan fingerprint density at radius 1 is 1.40 bits per heavy atom. The minimum absolute atomic E-state index is 0.0709. The fourth-order valence-corrected chi connectivity index (χ4v) is 4.02. The van der Waals surface area contributed by atoms with Crippen LogP contribution in [0.15, 0.2) is 24.3 Å². The number of carbonyl (C=O) groups is 1. The zero-order chi connectivity index (χ0) is 18.7. The third kappa shape index (κ3) is 5.17. The Bertz CT molecular complexity index is 717. The number of halogens is 1. The first-order valence-electron chi connectivity index (χ1n) is 8.20. The van der Waals surface area contributed by atoms with E-state index >= 15 is 0 Å².